The van der Waals surface area contributed by atoms with Gasteiger partial charge in [0.25, 0.3) is 0 Å². The summed E-state index contributed by atoms with van der Waals surface area (Å²) in [6, 6.07) is 0. The summed E-state index contributed by atoms with van der Waals surface area (Å²) in [5, 5.41) is 9.54. The molecule has 0 spiro atoms. The fourth-order valence-corrected chi connectivity index (χ4v) is 4.31. The second-order valence-corrected chi connectivity index (χ2v) is 7.95. The summed E-state index contributed by atoms with van der Waals surface area (Å²) in [6.45, 7) is 1.51. The van der Waals surface area contributed by atoms with Crippen LogP contribution >= 0.6 is 0 Å². The van der Waals surface area contributed by atoms with Gasteiger partial charge in [0.1, 0.15) is 0 Å². The summed E-state index contributed by atoms with van der Waals surface area (Å²) >= 11 is 0. The second-order valence-electron chi connectivity index (χ2n) is 7.95. The molecule has 1 heterocycles. The molecule has 134 valence electrons. The highest BCUT2D eigenvalue weighted by Gasteiger charge is 2.37. The maximum absolute atomic E-state index is 12.4. The van der Waals surface area contributed by atoms with E-state index in [1.807, 2.05) is 4.90 Å². The van der Waals surface area contributed by atoms with Gasteiger partial charge in [-0.05, 0) is 57.3 Å². The van der Waals surface area contributed by atoms with E-state index < -0.39 is 0 Å². The molecule has 2 fully saturated rings. The normalized spacial score (nSPS) is 27.7. The Hall–Kier alpha value is -1.09. The number of likely N-dealkylation sites (tertiary alicyclic amines) is 1. The molecule has 1 N–H and O–H groups in total. The lowest BCUT2D eigenvalue weighted by molar-refractivity contribution is -0.142. The molecule has 3 rings (SSSR count). The van der Waals surface area contributed by atoms with E-state index in [1.54, 1.807) is 0 Å². The van der Waals surface area contributed by atoms with Crippen LogP contribution in [0.3, 0.4) is 0 Å². The molecular weight excluding hydrogens is 298 g/mol. The van der Waals surface area contributed by atoms with Crippen molar-refractivity contribution in [2.75, 3.05) is 13.1 Å². The van der Waals surface area contributed by atoms with Gasteiger partial charge in [0, 0.05) is 19.0 Å². The number of aliphatic hydroxyl groups is 1. The van der Waals surface area contributed by atoms with Crippen LogP contribution in [0.25, 0.3) is 0 Å². The molecule has 0 unspecified atom stereocenters. The third kappa shape index (κ3) is 4.95. The molecule has 0 aromatic carbocycles. The molecule has 3 nitrogen and oxygen atoms in total. The lowest BCUT2D eigenvalue weighted by Crippen LogP contribution is -2.46. The van der Waals surface area contributed by atoms with Crippen LogP contribution in [0.5, 0.6) is 0 Å². The van der Waals surface area contributed by atoms with Gasteiger partial charge in [-0.1, -0.05) is 43.1 Å². The van der Waals surface area contributed by atoms with Gasteiger partial charge in [0.15, 0.2) is 0 Å². The first-order chi connectivity index (χ1) is 11.7. The predicted molar refractivity (Wildman–Crippen MR) is 97.6 cm³/mol. The molecule has 24 heavy (non-hydrogen) atoms. The number of hydrogen-bond acceptors (Lipinski definition) is 2. The quantitative estimate of drug-likeness (QED) is 0.710. The maximum atomic E-state index is 12.4. The summed E-state index contributed by atoms with van der Waals surface area (Å²) in [5.74, 6) is 1.42. The second kappa shape index (κ2) is 8.84. The number of hydrogen-bond donors (Lipinski definition) is 1. The van der Waals surface area contributed by atoms with E-state index >= 15 is 0 Å². The summed E-state index contributed by atoms with van der Waals surface area (Å²) in [7, 11) is 0. The van der Waals surface area contributed by atoms with Crippen LogP contribution in [0.15, 0.2) is 23.8 Å². The molecule has 1 aliphatic heterocycles. The first kappa shape index (κ1) is 17.7. The van der Waals surface area contributed by atoms with Gasteiger partial charge < -0.3 is 10.0 Å². The van der Waals surface area contributed by atoms with Crippen LogP contribution in [0.2, 0.25) is 0 Å². The first-order valence-corrected chi connectivity index (χ1v) is 10.0. The number of aliphatic hydroxyl groups excluding tert-OH is 1. The molecule has 3 heteroatoms. The van der Waals surface area contributed by atoms with E-state index in [2.05, 4.69) is 18.2 Å². The van der Waals surface area contributed by atoms with Crippen LogP contribution in [0.4, 0.5) is 0 Å². The average Bonchev–Trinajstić information content (AvgIpc) is 2.57. The van der Waals surface area contributed by atoms with Gasteiger partial charge in [0.2, 0.25) is 5.91 Å². The van der Waals surface area contributed by atoms with Crippen molar-refractivity contribution in [1.29, 1.82) is 0 Å². The number of amides is 1. The topological polar surface area (TPSA) is 40.5 Å². The van der Waals surface area contributed by atoms with Gasteiger partial charge in [-0.2, -0.15) is 0 Å². The molecule has 0 bridgehead atoms. The molecule has 0 radical (unpaired) electrons. The molecule has 0 aromatic rings. The Kier molecular flexibility index (Phi) is 6.53. The van der Waals surface area contributed by atoms with Crippen LogP contribution in [-0.4, -0.2) is 35.1 Å². The molecule has 2 aliphatic carbocycles. The smallest absolute Gasteiger partial charge is 0.225 e. The highest BCUT2D eigenvalue weighted by molar-refractivity contribution is 5.79. The number of carbonyl (C=O) groups is 1. The van der Waals surface area contributed by atoms with Gasteiger partial charge in [-0.15, -0.1) is 0 Å². The van der Waals surface area contributed by atoms with Crippen molar-refractivity contribution in [2.45, 2.75) is 76.7 Å². The Morgan fingerprint density at radius 2 is 1.92 bits per heavy atom. The molecular formula is C21H33NO2. The maximum Gasteiger partial charge on any atom is 0.225 e. The fraction of sp³-hybridized carbons (Fsp3) is 0.762. The van der Waals surface area contributed by atoms with E-state index in [0.29, 0.717) is 5.91 Å². The summed E-state index contributed by atoms with van der Waals surface area (Å²) in [6.07, 6.45) is 19.4. The Morgan fingerprint density at radius 3 is 2.62 bits per heavy atom. The largest absolute Gasteiger partial charge is 0.393 e. The van der Waals surface area contributed by atoms with E-state index in [4.69, 9.17) is 0 Å². The molecule has 1 amide bonds. The number of allylic oxidation sites excluding steroid dienone is 4. The molecule has 0 aromatic heterocycles. The first-order valence-electron chi connectivity index (χ1n) is 10.0. The van der Waals surface area contributed by atoms with E-state index in [9.17, 15) is 9.90 Å². The number of rotatable bonds is 7. The summed E-state index contributed by atoms with van der Waals surface area (Å²) in [4.78, 5) is 14.4. The van der Waals surface area contributed by atoms with Crippen molar-refractivity contribution in [1.82, 2.24) is 4.90 Å². The average molecular weight is 332 g/mol. The predicted octanol–water partition coefficient (Wildman–Crippen LogP) is 4.22. The standard InChI is InChI=1S/C21H33NO2/c23-20-11-13-22(14-12-20)21(24)19-15-18(16-19)10-6-2-5-9-17-7-3-1-4-8-17/h3,7-8,18-20,23H,1-2,4-6,9-16H2. The zero-order valence-electron chi connectivity index (χ0n) is 15.0. The van der Waals surface area contributed by atoms with Crippen LogP contribution in [-0.2, 0) is 4.79 Å². The summed E-state index contributed by atoms with van der Waals surface area (Å²) in [5.41, 5.74) is 1.53. The number of nitrogens with zero attached hydrogens (tertiary/aromatic N) is 1. The van der Waals surface area contributed by atoms with Gasteiger partial charge in [0.05, 0.1) is 6.10 Å². The Bertz CT molecular complexity index is 468. The Labute approximate surface area is 146 Å². The van der Waals surface area contributed by atoms with Gasteiger partial charge >= 0.3 is 0 Å². The van der Waals surface area contributed by atoms with Crippen molar-refractivity contribution >= 4 is 5.91 Å². The zero-order chi connectivity index (χ0) is 16.8. The SMILES string of the molecule is O=C(C1CC(CCCCCC2=CCCC=C2)C1)N1CCC(O)CC1. The van der Waals surface area contributed by atoms with Crippen LogP contribution in [0.1, 0.15) is 70.6 Å². The third-order valence-electron chi connectivity index (χ3n) is 6.01. The minimum Gasteiger partial charge on any atom is -0.393 e. The fourth-order valence-electron chi connectivity index (χ4n) is 4.31. The van der Waals surface area contributed by atoms with Crippen molar-refractivity contribution in [3.8, 4) is 0 Å². The zero-order valence-corrected chi connectivity index (χ0v) is 15.0. The lowest BCUT2D eigenvalue weighted by Gasteiger charge is -2.39. The minimum absolute atomic E-state index is 0.192. The van der Waals surface area contributed by atoms with E-state index in [1.165, 1.54) is 50.5 Å². The molecule has 1 saturated heterocycles. The molecule has 0 atom stereocenters. The molecule has 1 saturated carbocycles. The van der Waals surface area contributed by atoms with E-state index in [-0.39, 0.29) is 12.0 Å². The van der Waals surface area contributed by atoms with E-state index in [0.717, 1.165) is 44.7 Å². The minimum atomic E-state index is -0.192. The van der Waals surface area contributed by atoms with Crippen molar-refractivity contribution in [3.05, 3.63) is 23.8 Å². The number of unbranched alkanes of at least 4 members (excludes halogenated alkanes) is 2. The summed E-state index contributed by atoms with van der Waals surface area (Å²) < 4.78 is 0. The molecule has 3 aliphatic rings. The van der Waals surface area contributed by atoms with Gasteiger partial charge in [-0.3, -0.25) is 4.79 Å². The monoisotopic (exact) mass is 331 g/mol. The third-order valence-corrected chi connectivity index (χ3v) is 6.01. The Morgan fingerprint density at radius 1 is 1.12 bits per heavy atom. The Balaban J connectivity index is 1.23. The number of piperidine rings is 1. The van der Waals surface area contributed by atoms with Gasteiger partial charge in [-0.25, -0.2) is 0 Å². The van der Waals surface area contributed by atoms with Crippen molar-refractivity contribution in [2.24, 2.45) is 11.8 Å². The highest BCUT2D eigenvalue weighted by atomic mass is 16.3. The van der Waals surface area contributed by atoms with Crippen LogP contribution < -0.4 is 0 Å². The van der Waals surface area contributed by atoms with Crippen molar-refractivity contribution < 1.29 is 9.90 Å². The van der Waals surface area contributed by atoms with Crippen molar-refractivity contribution in [3.63, 3.8) is 0 Å². The lowest BCUT2D eigenvalue weighted by atomic mass is 9.71. The van der Waals surface area contributed by atoms with Crippen LogP contribution in [0, 0.1) is 11.8 Å². The number of carbonyl (C=O) groups excluding carboxylic acids is 1. The highest BCUT2D eigenvalue weighted by Crippen LogP contribution is 2.38.